The molecule has 2 atom stereocenters. The second-order valence-electron chi connectivity index (χ2n) is 9.08. The van der Waals surface area contributed by atoms with Crippen LogP contribution in [-0.2, 0) is 11.8 Å². The van der Waals surface area contributed by atoms with Gasteiger partial charge in [-0.25, -0.2) is 0 Å². The number of hydrogen-bond acceptors (Lipinski definition) is 4. The van der Waals surface area contributed by atoms with E-state index in [1.165, 1.54) is 17.0 Å². The number of nitrogens with one attached hydrogen (secondary N) is 2. The summed E-state index contributed by atoms with van der Waals surface area (Å²) < 4.78 is 7.74. The number of amides is 1. The average Bonchev–Trinajstić information content (AvgIpc) is 3.39. The lowest BCUT2D eigenvalue weighted by molar-refractivity contribution is -0.118. The Balaban J connectivity index is 1.39. The van der Waals surface area contributed by atoms with Gasteiger partial charge in [0.25, 0.3) is 5.91 Å². The van der Waals surface area contributed by atoms with Gasteiger partial charge in [-0.3, -0.25) is 9.78 Å². The van der Waals surface area contributed by atoms with Crippen LogP contribution >= 0.6 is 12.2 Å². The summed E-state index contributed by atoms with van der Waals surface area (Å²) in [5.74, 6) is 0.432. The van der Waals surface area contributed by atoms with Gasteiger partial charge in [0.15, 0.2) is 11.7 Å². The highest BCUT2D eigenvalue weighted by Gasteiger charge is 2.42. The zero-order valence-electron chi connectivity index (χ0n) is 21.0. The van der Waals surface area contributed by atoms with E-state index in [1.54, 1.807) is 0 Å². The molecular formula is C29H29N5O2S. The van der Waals surface area contributed by atoms with Gasteiger partial charge in [0.05, 0.1) is 17.8 Å². The first-order valence-electron chi connectivity index (χ1n) is 12.1. The largest absolute Gasteiger partial charge is 0.484 e. The minimum absolute atomic E-state index is 0.0631. The Kier molecular flexibility index (Phi) is 6.92. The third-order valence-electron chi connectivity index (χ3n) is 6.77. The maximum absolute atomic E-state index is 12.4. The Bertz CT molecular complexity index is 1400. The van der Waals surface area contributed by atoms with Crippen molar-refractivity contribution in [3.05, 3.63) is 108 Å². The number of benzene rings is 2. The molecule has 1 saturated heterocycles. The maximum atomic E-state index is 12.4. The van der Waals surface area contributed by atoms with E-state index in [-0.39, 0.29) is 24.6 Å². The highest BCUT2D eigenvalue weighted by atomic mass is 32.1. The van der Waals surface area contributed by atoms with Crippen molar-refractivity contribution in [3.8, 4) is 5.75 Å². The van der Waals surface area contributed by atoms with Crippen molar-refractivity contribution in [2.45, 2.75) is 25.9 Å². The number of carbonyl (C=O) groups excluding carboxylic acids is 1. The van der Waals surface area contributed by atoms with Crippen LogP contribution < -0.4 is 20.3 Å². The number of hydrogen-bond donors (Lipinski definition) is 2. The highest BCUT2D eigenvalue weighted by Crippen LogP contribution is 2.43. The van der Waals surface area contributed by atoms with Crippen LogP contribution in [-0.4, -0.2) is 27.2 Å². The van der Waals surface area contributed by atoms with Crippen molar-refractivity contribution >= 4 is 34.6 Å². The molecule has 4 aromatic rings. The molecule has 2 aromatic carbocycles. The first kappa shape index (κ1) is 24.5. The van der Waals surface area contributed by atoms with Gasteiger partial charge in [0, 0.05) is 36.0 Å². The third kappa shape index (κ3) is 5.06. The lowest BCUT2D eigenvalue weighted by Crippen LogP contribution is -2.29. The molecule has 0 radical (unpaired) electrons. The van der Waals surface area contributed by atoms with E-state index in [1.807, 2.05) is 79.0 Å². The molecule has 0 bridgehead atoms. The number of aromatic nitrogens is 2. The number of thiocarbonyl (C=S) groups is 1. The summed E-state index contributed by atoms with van der Waals surface area (Å²) in [6, 6.07) is 25.0. The molecule has 0 saturated carbocycles. The first-order chi connectivity index (χ1) is 17.9. The molecule has 0 unspecified atom stereocenters. The number of nitrogens with zero attached hydrogens (tertiary/aromatic N) is 3. The second kappa shape index (κ2) is 10.4. The van der Waals surface area contributed by atoms with Crippen LogP contribution in [0.4, 0.5) is 11.4 Å². The Morgan fingerprint density at radius 1 is 1.05 bits per heavy atom. The number of ether oxygens (including phenoxy) is 1. The average molecular weight is 512 g/mol. The van der Waals surface area contributed by atoms with Gasteiger partial charge in [-0.05, 0) is 86.2 Å². The molecule has 2 aromatic heterocycles. The predicted octanol–water partition coefficient (Wildman–Crippen LogP) is 5.23. The molecule has 37 heavy (non-hydrogen) atoms. The van der Waals surface area contributed by atoms with Crippen LogP contribution in [0.15, 0.2) is 85.1 Å². The van der Waals surface area contributed by atoms with Crippen molar-refractivity contribution in [1.82, 2.24) is 14.9 Å². The monoisotopic (exact) mass is 511 g/mol. The molecule has 1 aliphatic rings. The standard InChI is InChI=1S/C29H29N5O2S/c1-19-17-24(20(2)33(19)3)28-27(25-11-7-8-16-30-25)32-29(37)34(28)22-14-12-21(13-15-22)31-26(35)18-36-23-9-5-4-6-10-23/h4-17,27-28H,18H2,1-3H3,(H,31,35)(H,32,37)/t27-,28+/m1/s1. The summed E-state index contributed by atoms with van der Waals surface area (Å²) in [6.45, 7) is 4.18. The topological polar surface area (TPSA) is 71.4 Å². The molecule has 1 fully saturated rings. The van der Waals surface area contributed by atoms with Crippen molar-refractivity contribution in [2.75, 3.05) is 16.8 Å². The quantitative estimate of drug-likeness (QED) is 0.331. The molecule has 0 spiro atoms. The molecule has 8 heteroatoms. The van der Waals surface area contributed by atoms with E-state index in [2.05, 4.69) is 52.0 Å². The van der Waals surface area contributed by atoms with Crippen LogP contribution in [0.1, 0.15) is 34.7 Å². The number of carbonyl (C=O) groups is 1. The molecule has 3 heterocycles. The smallest absolute Gasteiger partial charge is 0.262 e. The van der Waals surface area contributed by atoms with Crippen molar-refractivity contribution < 1.29 is 9.53 Å². The second-order valence-corrected chi connectivity index (χ2v) is 9.47. The fraction of sp³-hybridized carbons (Fsp3) is 0.207. The summed E-state index contributed by atoms with van der Waals surface area (Å²) in [5, 5.41) is 7.03. The van der Waals surface area contributed by atoms with Gasteiger partial charge >= 0.3 is 0 Å². The lowest BCUT2D eigenvalue weighted by atomic mass is 9.96. The van der Waals surface area contributed by atoms with E-state index < -0.39 is 0 Å². The number of pyridine rings is 1. The number of aryl methyl sites for hydroxylation is 1. The zero-order valence-corrected chi connectivity index (χ0v) is 21.8. The predicted molar refractivity (Wildman–Crippen MR) is 150 cm³/mol. The molecule has 1 amide bonds. The third-order valence-corrected chi connectivity index (χ3v) is 7.09. The first-order valence-corrected chi connectivity index (χ1v) is 12.5. The van der Waals surface area contributed by atoms with Gasteiger partial charge in [0.1, 0.15) is 5.75 Å². The normalized spacial score (nSPS) is 16.9. The Morgan fingerprint density at radius 2 is 1.78 bits per heavy atom. The van der Waals surface area contributed by atoms with Crippen molar-refractivity contribution in [1.29, 1.82) is 0 Å². The van der Waals surface area contributed by atoms with Crippen LogP contribution in [0.2, 0.25) is 0 Å². The molecular weight excluding hydrogens is 482 g/mol. The SMILES string of the molecule is Cc1cc([C@H]2[C@@H](c3ccccn3)NC(=S)N2c2ccc(NC(=O)COc3ccccc3)cc2)c(C)n1C. The summed E-state index contributed by atoms with van der Waals surface area (Å²) in [6.07, 6.45) is 1.81. The zero-order chi connectivity index (χ0) is 25.9. The molecule has 188 valence electrons. The highest BCUT2D eigenvalue weighted by molar-refractivity contribution is 7.80. The lowest BCUT2D eigenvalue weighted by Gasteiger charge is -2.28. The number of para-hydroxylation sites is 1. The van der Waals surface area contributed by atoms with Gasteiger partial charge < -0.3 is 24.8 Å². The molecule has 1 aliphatic heterocycles. The van der Waals surface area contributed by atoms with Crippen molar-refractivity contribution in [3.63, 3.8) is 0 Å². The molecule has 0 aliphatic carbocycles. The van der Waals surface area contributed by atoms with Crippen molar-refractivity contribution in [2.24, 2.45) is 7.05 Å². The van der Waals surface area contributed by atoms with E-state index in [0.717, 1.165) is 11.4 Å². The van der Waals surface area contributed by atoms with E-state index in [0.29, 0.717) is 16.5 Å². The molecule has 5 rings (SSSR count). The van der Waals surface area contributed by atoms with E-state index in [4.69, 9.17) is 17.0 Å². The fourth-order valence-electron chi connectivity index (χ4n) is 4.70. The molecule has 2 N–H and O–H groups in total. The van der Waals surface area contributed by atoms with Gasteiger partial charge in [-0.2, -0.15) is 0 Å². The summed E-state index contributed by atoms with van der Waals surface area (Å²) >= 11 is 5.84. The van der Waals surface area contributed by atoms with Gasteiger partial charge in [-0.1, -0.05) is 24.3 Å². The minimum Gasteiger partial charge on any atom is -0.484 e. The van der Waals surface area contributed by atoms with Gasteiger partial charge in [-0.15, -0.1) is 0 Å². The van der Waals surface area contributed by atoms with Crippen LogP contribution in [0, 0.1) is 13.8 Å². The maximum Gasteiger partial charge on any atom is 0.262 e. The van der Waals surface area contributed by atoms with E-state index >= 15 is 0 Å². The Labute approximate surface area is 222 Å². The Morgan fingerprint density at radius 3 is 2.43 bits per heavy atom. The Hall–Kier alpha value is -4.17. The van der Waals surface area contributed by atoms with Crippen LogP contribution in [0.3, 0.4) is 0 Å². The van der Waals surface area contributed by atoms with Crippen LogP contribution in [0.25, 0.3) is 0 Å². The van der Waals surface area contributed by atoms with E-state index in [9.17, 15) is 4.79 Å². The van der Waals surface area contributed by atoms with Crippen LogP contribution in [0.5, 0.6) is 5.75 Å². The fourth-order valence-corrected chi connectivity index (χ4v) is 5.05. The summed E-state index contributed by atoms with van der Waals surface area (Å²) in [4.78, 5) is 19.2. The summed E-state index contributed by atoms with van der Waals surface area (Å²) in [5.41, 5.74) is 6.11. The van der Waals surface area contributed by atoms with Gasteiger partial charge in [0.2, 0.25) is 0 Å². The number of anilines is 2. The minimum atomic E-state index is -0.224. The summed E-state index contributed by atoms with van der Waals surface area (Å²) in [7, 11) is 2.08. The number of rotatable bonds is 7. The molecule has 7 nitrogen and oxygen atoms in total.